The summed E-state index contributed by atoms with van der Waals surface area (Å²) < 4.78 is 5.18. The van der Waals surface area contributed by atoms with Crippen LogP contribution in [-0.2, 0) is 0 Å². The zero-order valence-corrected chi connectivity index (χ0v) is 11.4. The predicted octanol–water partition coefficient (Wildman–Crippen LogP) is 0.489. The van der Waals surface area contributed by atoms with Crippen molar-refractivity contribution in [3.8, 4) is 5.75 Å². The fourth-order valence-corrected chi connectivity index (χ4v) is 2.48. The maximum atomic E-state index is 9.65. The molecule has 6 nitrogen and oxygen atoms in total. The lowest BCUT2D eigenvalue weighted by Crippen LogP contribution is -2.23. The Labute approximate surface area is 116 Å². The van der Waals surface area contributed by atoms with E-state index in [1.165, 1.54) is 0 Å². The number of aliphatic hydroxyl groups excluding tert-OH is 2. The van der Waals surface area contributed by atoms with Crippen LogP contribution in [0.1, 0.15) is 5.69 Å². The number of anilines is 1. The fraction of sp³-hybridized carbons (Fsp3) is 0.429. The van der Waals surface area contributed by atoms with Gasteiger partial charge in [0.05, 0.1) is 36.0 Å². The van der Waals surface area contributed by atoms with Crippen LogP contribution in [0.25, 0.3) is 11.0 Å². The second-order valence-electron chi connectivity index (χ2n) is 5.03. The number of hydrogen-bond donors (Lipinski definition) is 2. The van der Waals surface area contributed by atoms with E-state index < -0.39 is 12.2 Å². The highest BCUT2D eigenvalue weighted by atomic mass is 16.5. The van der Waals surface area contributed by atoms with Crippen LogP contribution in [0.2, 0.25) is 0 Å². The number of ether oxygens (including phenoxy) is 1. The van der Waals surface area contributed by atoms with Gasteiger partial charge in [-0.05, 0) is 19.1 Å². The van der Waals surface area contributed by atoms with Gasteiger partial charge in [0, 0.05) is 19.2 Å². The molecule has 1 aliphatic heterocycles. The predicted molar refractivity (Wildman–Crippen MR) is 75.1 cm³/mol. The number of methoxy groups -OCH3 is 1. The van der Waals surface area contributed by atoms with Crippen molar-refractivity contribution in [1.82, 2.24) is 9.97 Å². The third-order valence-corrected chi connectivity index (χ3v) is 3.58. The Morgan fingerprint density at radius 3 is 2.50 bits per heavy atom. The molecule has 2 aromatic rings. The molecule has 2 N–H and O–H groups in total. The molecule has 2 unspecified atom stereocenters. The van der Waals surface area contributed by atoms with Crippen molar-refractivity contribution < 1.29 is 14.9 Å². The van der Waals surface area contributed by atoms with Gasteiger partial charge < -0.3 is 19.8 Å². The summed E-state index contributed by atoms with van der Waals surface area (Å²) in [4.78, 5) is 11.0. The van der Waals surface area contributed by atoms with E-state index in [9.17, 15) is 10.2 Å². The van der Waals surface area contributed by atoms with Crippen LogP contribution in [0.15, 0.2) is 18.2 Å². The quantitative estimate of drug-likeness (QED) is 0.830. The number of benzene rings is 1. The second-order valence-corrected chi connectivity index (χ2v) is 5.03. The van der Waals surface area contributed by atoms with E-state index in [2.05, 4.69) is 9.97 Å². The van der Waals surface area contributed by atoms with Crippen LogP contribution < -0.4 is 9.64 Å². The van der Waals surface area contributed by atoms with E-state index in [0.717, 1.165) is 22.5 Å². The standard InChI is InChI=1S/C14H17N3O3/c1-8-14(17-6-12(18)13(19)7-17)16-10-4-3-9(20-2)5-11(10)15-8/h3-5,12-13,18-19H,6-7H2,1-2H3. The molecule has 0 aliphatic carbocycles. The molecule has 0 saturated carbocycles. The van der Waals surface area contributed by atoms with Crippen molar-refractivity contribution in [1.29, 1.82) is 0 Å². The van der Waals surface area contributed by atoms with Gasteiger partial charge in [0.25, 0.3) is 0 Å². The van der Waals surface area contributed by atoms with E-state index >= 15 is 0 Å². The van der Waals surface area contributed by atoms with Crippen LogP contribution in [0, 0.1) is 6.92 Å². The number of β-amino-alcohol motifs (C(OH)–C–C–N with tert-alkyl or cyclic N) is 2. The lowest BCUT2D eigenvalue weighted by molar-refractivity contribution is 0.0572. The minimum Gasteiger partial charge on any atom is -0.497 e. The summed E-state index contributed by atoms with van der Waals surface area (Å²) in [5.74, 6) is 1.45. The van der Waals surface area contributed by atoms with Crippen molar-refractivity contribution in [2.45, 2.75) is 19.1 Å². The van der Waals surface area contributed by atoms with Crippen molar-refractivity contribution in [2.24, 2.45) is 0 Å². The monoisotopic (exact) mass is 275 g/mol. The first-order valence-corrected chi connectivity index (χ1v) is 6.52. The fourth-order valence-electron chi connectivity index (χ4n) is 2.48. The molecule has 2 atom stereocenters. The van der Waals surface area contributed by atoms with Crippen LogP contribution in [-0.4, -0.2) is 52.6 Å². The molecule has 106 valence electrons. The first-order valence-electron chi connectivity index (χ1n) is 6.52. The van der Waals surface area contributed by atoms with Gasteiger partial charge >= 0.3 is 0 Å². The summed E-state index contributed by atoms with van der Waals surface area (Å²) in [7, 11) is 1.61. The second kappa shape index (κ2) is 4.88. The van der Waals surface area contributed by atoms with Crippen LogP contribution in [0.3, 0.4) is 0 Å². The Morgan fingerprint density at radius 1 is 1.15 bits per heavy atom. The molecule has 2 heterocycles. The molecule has 1 saturated heterocycles. The molecule has 0 spiro atoms. The molecule has 6 heteroatoms. The maximum Gasteiger partial charge on any atom is 0.150 e. The average Bonchev–Trinajstić information content (AvgIpc) is 2.77. The molecular formula is C14H17N3O3. The molecule has 1 aromatic heterocycles. The van der Waals surface area contributed by atoms with Gasteiger partial charge in [-0.25, -0.2) is 9.97 Å². The summed E-state index contributed by atoms with van der Waals surface area (Å²) in [5, 5.41) is 19.3. The summed E-state index contributed by atoms with van der Waals surface area (Å²) in [5.41, 5.74) is 2.31. The largest absolute Gasteiger partial charge is 0.497 e. The van der Waals surface area contributed by atoms with E-state index in [-0.39, 0.29) is 0 Å². The normalized spacial score (nSPS) is 22.5. The van der Waals surface area contributed by atoms with Crippen LogP contribution >= 0.6 is 0 Å². The van der Waals surface area contributed by atoms with E-state index in [1.807, 2.05) is 30.0 Å². The Kier molecular flexibility index (Phi) is 3.19. The number of rotatable bonds is 2. The summed E-state index contributed by atoms with van der Waals surface area (Å²) in [6, 6.07) is 5.53. The highest BCUT2D eigenvalue weighted by Gasteiger charge is 2.31. The number of aliphatic hydroxyl groups is 2. The zero-order valence-electron chi connectivity index (χ0n) is 11.4. The number of nitrogens with zero attached hydrogens (tertiary/aromatic N) is 3. The van der Waals surface area contributed by atoms with E-state index in [4.69, 9.17) is 4.74 Å². The molecule has 1 aliphatic rings. The summed E-state index contributed by atoms with van der Waals surface area (Å²) in [6.07, 6.45) is -1.47. The van der Waals surface area contributed by atoms with Gasteiger partial charge in [-0.2, -0.15) is 0 Å². The van der Waals surface area contributed by atoms with Gasteiger partial charge in [0.15, 0.2) is 5.82 Å². The number of fused-ring (bicyclic) bond motifs is 1. The zero-order chi connectivity index (χ0) is 14.3. The van der Waals surface area contributed by atoms with Gasteiger partial charge in [-0.1, -0.05) is 0 Å². The van der Waals surface area contributed by atoms with E-state index in [1.54, 1.807) is 7.11 Å². The van der Waals surface area contributed by atoms with Gasteiger partial charge in [0.2, 0.25) is 0 Å². The molecule has 3 rings (SSSR count). The highest BCUT2D eigenvalue weighted by Crippen LogP contribution is 2.25. The molecule has 0 amide bonds. The molecule has 0 radical (unpaired) electrons. The topological polar surface area (TPSA) is 78.7 Å². The van der Waals surface area contributed by atoms with E-state index in [0.29, 0.717) is 18.9 Å². The third kappa shape index (κ3) is 2.17. The van der Waals surface area contributed by atoms with Gasteiger partial charge in [-0.15, -0.1) is 0 Å². The first-order chi connectivity index (χ1) is 9.58. The number of hydrogen-bond acceptors (Lipinski definition) is 6. The van der Waals surface area contributed by atoms with Crippen LogP contribution in [0.5, 0.6) is 5.75 Å². The van der Waals surface area contributed by atoms with Crippen molar-refractivity contribution >= 4 is 16.9 Å². The minimum atomic E-state index is -0.734. The molecule has 1 fully saturated rings. The number of aryl methyl sites for hydroxylation is 1. The summed E-state index contributed by atoms with van der Waals surface area (Å²) >= 11 is 0. The lowest BCUT2D eigenvalue weighted by Gasteiger charge is -2.18. The van der Waals surface area contributed by atoms with Gasteiger partial charge in [0.1, 0.15) is 5.75 Å². The third-order valence-electron chi connectivity index (χ3n) is 3.58. The minimum absolute atomic E-state index is 0.373. The summed E-state index contributed by atoms with van der Waals surface area (Å²) in [6.45, 7) is 2.62. The Balaban J connectivity index is 2.02. The van der Waals surface area contributed by atoms with Gasteiger partial charge in [-0.3, -0.25) is 0 Å². The van der Waals surface area contributed by atoms with Crippen molar-refractivity contribution in [3.63, 3.8) is 0 Å². The Bertz CT molecular complexity index is 637. The smallest absolute Gasteiger partial charge is 0.150 e. The molecule has 0 bridgehead atoms. The van der Waals surface area contributed by atoms with Crippen molar-refractivity contribution in [2.75, 3.05) is 25.1 Å². The molecule has 1 aromatic carbocycles. The average molecular weight is 275 g/mol. The number of aromatic nitrogens is 2. The van der Waals surface area contributed by atoms with Crippen molar-refractivity contribution in [3.05, 3.63) is 23.9 Å². The molecule has 20 heavy (non-hydrogen) atoms. The maximum absolute atomic E-state index is 9.65. The lowest BCUT2D eigenvalue weighted by atomic mass is 10.2. The highest BCUT2D eigenvalue weighted by molar-refractivity contribution is 5.78. The molecular weight excluding hydrogens is 258 g/mol. The van der Waals surface area contributed by atoms with Crippen LogP contribution in [0.4, 0.5) is 5.82 Å². The Morgan fingerprint density at radius 2 is 1.85 bits per heavy atom. The first kappa shape index (κ1) is 13.1. The SMILES string of the molecule is COc1ccc2nc(N3CC(O)C(O)C3)c(C)nc2c1. The Hall–Kier alpha value is -1.92.